The van der Waals surface area contributed by atoms with Gasteiger partial charge in [0.1, 0.15) is 0 Å². The van der Waals surface area contributed by atoms with Gasteiger partial charge in [-0.15, -0.1) is 0 Å². The van der Waals surface area contributed by atoms with Gasteiger partial charge in [-0.3, -0.25) is 0 Å². The minimum absolute atomic E-state index is 0.710. The van der Waals surface area contributed by atoms with Gasteiger partial charge in [0, 0.05) is 6.04 Å². The second kappa shape index (κ2) is 4.73. The number of hydrogen-bond acceptors (Lipinski definition) is 2. The average Bonchev–Trinajstić information content (AvgIpc) is 2.07. The summed E-state index contributed by atoms with van der Waals surface area (Å²) in [7, 11) is 0. The topological polar surface area (TPSA) is 24.1 Å². The third-order valence-corrected chi connectivity index (χ3v) is 2.62. The molecule has 1 atom stereocenters. The molecule has 66 valence electrons. The van der Waals surface area contributed by atoms with Crippen LogP contribution in [-0.2, 0) is 0 Å². The summed E-state index contributed by atoms with van der Waals surface area (Å²) in [5.41, 5.74) is 0. The van der Waals surface area contributed by atoms with Crippen molar-refractivity contribution in [2.75, 3.05) is 19.6 Å². The van der Waals surface area contributed by atoms with Gasteiger partial charge >= 0.3 is 0 Å². The maximum absolute atomic E-state index is 3.49. The molecule has 0 bridgehead atoms. The van der Waals surface area contributed by atoms with E-state index < -0.39 is 0 Å². The Labute approximate surface area is 69.8 Å². The molecule has 1 rings (SSSR count). The van der Waals surface area contributed by atoms with Crippen LogP contribution in [0.15, 0.2) is 0 Å². The standard InChI is InChI=1S/C9H20N2/c1-3-11-8(2)9-4-6-10-7-5-9/h8-11H,3-7H2,1-2H3. The van der Waals surface area contributed by atoms with E-state index in [4.69, 9.17) is 0 Å². The summed E-state index contributed by atoms with van der Waals surface area (Å²) in [6.07, 6.45) is 2.68. The van der Waals surface area contributed by atoms with Gasteiger partial charge in [-0.25, -0.2) is 0 Å². The monoisotopic (exact) mass is 156 g/mol. The lowest BCUT2D eigenvalue weighted by Crippen LogP contribution is -2.39. The van der Waals surface area contributed by atoms with E-state index in [1.165, 1.54) is 25.9 Å². The van der Waals surface area contributed by atoms with Gasteiger partial charge in [0.05, 0.1) is 0 Å². The van der Waals surface area contributed by atoms with Crippen LogP contribution in [0, 0.1) is 5.92 Å². The van der Waals surface area contributed by atoms with Gasteiger partial charge in [-0.05, 0) is 45.3 Å². The van der Waals surface area contributed by atoms with Gasteiger partial charge in [-0.2, -0.15) is 0 Å². The van der Waals surface area contributed by atoms with Gasteiger partial charge < -0.3 is 10.6 Å². The van der Waals surface area contributed by atoms with Crippen molar-refractivity contribution in [1.82, 2.24) is 10.6 Å². The smallest absolute Gasteiger partial charge is 0.00678 e. The number of nitrogens with one attached hydrogen (secondary N) is 2. The van der Waals surface area contributed by atoms with Crippen molar-refractivity contribution >= 4 is 0 Å². The first-order valence-corrected chi connectivity index (χ1v) is 4.78. The molecule has 1 unspecified atom stereocenters. The molecule has 0 amide bonds. The van der Waals surface area contributed by atoms with E-state index in [1.807, 2.05) is 0 Å². The van der Waals surface area contributed by atoms with Gasteiger partial charge in [0.25, 0.3) is 0 Å². The Morgan fingerprint density at radius 1 is 1.45 bits per heavy atom. The highest BCUT2D eigenvalue weighted by atomic mass is 14.9. The van der Waals surface area contributed by atoms with Crippen molar-refractivity contribution < 1.29 is 0 Å². The summed E-state index contributed by atoms with van der Waals surface area (Å²) < 4.78 is 0. The lowest BCUT2D eigenvalue weighted by molar-refractivity contribution is 0.296. The largest absolute Gasteiger partial charge is 0.317 e. The minimum atomic E-state index is 0.710. The summed E-state index contributed by atoms with van der Waals surface area (Å²) in [6.45, 7) is 8.00. The molecule has 0 aromatic heterocycles. The summed E-state index contributed by atoms with van der Waals surface area (Å²) >= 11 is 0. The molecule has 1 saturated heterocycles. The van der Waals surface area contributed by atoms with E-state index in [9.17, 15) is 0 Å². The molecule has 0 aliphatic carbocycles. The molecule has 0 radical (unpaired) electrons. The molecule has 1 aliphatic heterocycles. The van der Waals surface area contributed by atoms with Crippen molar-refractivity contribution in [2.45, 2.75) is 32.7 Å². The zero-order chi connectivity index (χ0) is 8.10. The molecule has 0 aromatic rings. The molecule has 0 aromatic carbocycles. The Hall–Kier alpha value is -0.0800. The van der Waals surface area contributed by atoms with Crippen LogP contribution in [0.3, 0.4) is 0 Å². The maximum Gasteiger partial charge on any atom is 0.00678 e. The Morgan fingerprint density at radius 2 is 2.09 bits per heavy atom. The SMILES string of the molecule is CCNC(C)C1CCNCC1. The van der Waals surface area contributed by atoms with Crippen molar-refractivity contribution in [3.8, 4) is 0 Å². The van der Waals surface area contributed by atoms with Gasteiger partial charge in [0.15, 0.2) is 0 Å². The molecule has 1 fully saturated rings. The van der Waals surface area contributed by atoms with Crippen LogP contribution in [-0.4, -0.2) is 25.7 Å². The second-order valence-electron chi connectivity index (χ2n) is 3.43. The zero-order valence-corrected chi connectivity index (χ0v) is 7.69. The predicted octanol–water partition coefficient (Wildman–Crippen LogP) is 0.984. The number of hydrogen-bond donors (Lipinski definition) is 2. The summed E-state index contributed by atoms with van der Waals surface area (Å²) in [5, 5.41) is 6.87. The Bertz CT molecular complexity index is 97.7. The Kier molecular flexibility index (Phi) is 3.87. The Morgan fingerprint density at radius 3 is 2.64 bits per heavy atom. The van der Waals surface area contributed by atoms with Crippen LogP contribution >= 0.6 is 0 Å². The first-order chi connectivity index (χ1) is 5.34. The van der Waals surface area contributed by atoms with Crippen LogP contribution < -0.4 is 10.6 Å². The average molecular weight is 156 g/mol. The van der Waals surface area contributed by atoms with Crippen molar-refractivity contribution in [2.24, 2.45) is 5.92 Å². The number of rotatable bonds is 3. The van der Waals surface area contributed by atoms with Gasteiger partial charge in [-0.1, -0.05) is 6.92 Å². The molecule has 2 heteroatoms. The minimum Gasteiger partial charge on any atom is -0.317 e. The highest BCUT2D eigenvalue weighted by Gasteiger charge is 2.18. The molecule has 0 saturated carbocycles. The lowest BCUT2D eigenvalue weighted by Gasteiger charge is -2.28. The quantitative estimate of drug-likeness (QED) is 0.636. The van der Waals surface area contributed by atoms with Crippen molar-refractivity contribution in [3.63, 3.8) is 0 Å². The van der Waals surface area contributed by atoms with Gasteiger partial charge in [0.2, 0.25) is 0 Å². The lowest BCUT2D eigenvalue weighted by atomic mass is 9.91. The molecular weight excluding hydrogens is 136 g/mol. The molecule has 1 heterocycles. The van der Waals surface area contributed by atoms with E-state index in [0.29, 0.717) is 6.04 Å². The van der Waals surface area contributed by atoms with E-state index in [1.54, 1.807) is 0 Å². The summed E-state index contributed by atoms with van der Waals surface area (Å²) in [6, 6.07) is 0.710. The Balaban J connectivity index is 2.21. The fourth-order valence-corrected chi connectivity index (χ4v) is 1.83. The molecule has 1 aliphatic rings. The molecule has 2 nitrogen and oxygen atoms in total. The highest BCUT2D eigenvalue weighted by Crippen LogP contribution is 2.15. The second-order valence-corrected chi connectivity index (χ2v) is 3.43. The first kappa shape index (κ1) is 9.01. The van der Waals surface area contributed by atoms with Crippen molar-refractivity contribution in [3.05, 3.63) is 0 Å². The van der Waals surface area contributed by atoms with E-state index in [0.717, 1.165) is 12.5 Å². The van der Waals surface area contributed by atoms with E-state index >= 15 is 0 Å². The van der Waals surface area contributed by atoms with Crippen LogP contribution in [0.1, 0.15) is 26.7 Å². The molecular formula is C9H20N2. The van der Waals surface area contributed by atoms with Crippen LogP contribution in [0.4, 0.5) is 0 Å². The third kappa shape index (κ3) is 2.80. The van der Waals surface area contributed by atoms with Crippen LogP contribution in [0.2, 0.25) is 0 Å². The molecule has 2 N–H and O–H groups in total. The third-order valence-electron chi connectivity index (χ3n) is 2.62. The van der Waals surface area contributed by atoms with E-state index in [-0.39, 0.29) is 0 Å². The first-order valence-electron chi connectivity index (χ1n) is 4.78. The highest BCUT2D eigenvalue weighted by molar-refractivity contribution is 4.76. The van der Waals surface area contributed by atoms with Crippen molar-refractivity contribution in [1.29, 1.82) is 0 Å². The summed E-state index contributed by atoms with van der Waals surface area (Å²) in [4.78, 5) is 0. The number of piperidine rings is 1. The molecule has 11 heavy (non-hydrogen) atoms. The summed E-state index contributed by atoms with van der Waals surface area (Å²) in [5.74, 6) is 0.899. The predicted molar refractivity (Wildman–Crippen MR) is 48.7 cm³/mol. The normalized spacial score (nSPS) is 23.5. The molecule has 0 spiro atoms. The fourth-order valence-electron chi connectivity index (χ4n) is 1.83. The fraction of sp³-hybridized carbons (Fsp3) is 1.00. The maximum atomic E-state index is 3.49. The van der Waals surface area contributed by atoms with E-state index in [2.05, 4.69) is 24.5 Å². The van der Waals surface area contributed by atoms with Crippen LogP contribution in [0.25, 0.3) is 0 Å². The van der Waals surface area contributed by atoms with Crippen LogP contribution in [0.5, 0.6) is 0 Å². The zero-order valence-electron chi connectivity index (χ0n) is 7.69.